The van der Waals surface area contributed by atoms with Crippen LogP contribution >= 0.6 is 0 Å². The Kier molecular flexibility index (Phi) is 3.38. The van der Waals surface area contributed by atoms with Crippen molar-refractivity contribution in [3.8, 4) is 0 Å². The largest absolute Gasteiger partial charge is 0.423 e. The molecule has 0 unspecified atom stereocenters. The number of aryl methyl sites for hydroxylation is 2. The zero-order chi connectivity index (χ0) is 17.6. The number of anilines is 1. The fourth-order valence-electron chi connectivity index (χ4n) is 2.69. The molecule has 0 aliphatic carbocycles. The highest BCUT2D eigenvalue weighted by molar-refractivity contribution is 5.90. The van der Waals surface area contributed by atoms with Crippen LogP contribution in [-0.2, 0) is 18.4 Å². The van der Waals surface area contributed by atoms with E-state index in [1.807, 2.05) is 25.1 Å². The van der Waals surface area contributed by atoms with Gasteiger partial charge in [0.2, 0.25) is 5.91 Å². The maximum Gasteiger partial charge on any atom is 0.302 e. The number of amides is 1. The minimum absolute atomic E-state index is 0.0620. The predicted octanol–water partition coefficient (Wildman–Crippen LogP) is 1.82. The number of oxazole rings is 1. The van der Waals surface area contributed by atoms with E-state index >= 15 is 0 Å². The maximum atomic E-state index is 12.3. The predicted molar refractivity (Wildman–Crippen MR) is 92.3 cm³/mol. The van der Waals surface area contributed by atoms with E-state index in [1.165, 1.54) is 15.5 Å². The lowest BCUT2D eigenvalue weighted by molar-refractivity contribution is -0.116. The minimum atomic E-state index is -0.353. The van der Waals surface area contributed by atoms with Gasteiger partial charge < -0.3 is 13.6 Å². The van der Waals surface area contributed by atoms with E-state index in [4.69, 9.17) is 4.42 Å². The number of nitrogens with zero attached hydrogens (tertiary/aromatic N) is 4. The molecule has 0 bridgehead atoms. The third-order valence-electron chi connectivity index (χ3n) is 3.95. The number of nitrogens with one attached hydrogen (secondary N) is 1. The first-order valence-corrected chi connectivity index (χ1v) is 7.69. The van der Waals surface area contributed by atoms with E-state index in [2.05, 4.69) is 15.3 Å². The zero-order valence-corrected chi connectivity index (χ0v) is 13.7. The lowest BCUT2D eigenvalue weighted by atomic mass is 10.2. The van der Waals surface area contributed by atoms with Crippen molar-refractivity contribution in [1.82, 2.24) is 19.1 Å². The monoisotopic (exact) mass is 337 g/mol. The lowest BCUT2D eigenvalue weighted by Gasteiger charge is -2.04. The van der Waals surface area contributed by atoms with Crippen LogP contribution in [0.25, 0.3) is 22.1 Å². The molecule has 0 saturated heterocycles. The van der Waals surface area contributed by atoms with Gasteiger partial charge in [-0.25, -0.2) is 4.98 Å². The third kappa shape index (κ3) is 2.67. The van der Waals surface area contributed by atoms with E-state index in [-0.39, 0.29) is 24.0 Å². The second kappa shape index (κ2) is 5.59. The molecule has 1 N–H and O–H groups in total. The normalized spacial score (nSPS) is 11.3. The Hall–Kier alpha value is -3.42. The van der Waals surface area contributed by atoms with Crippen molar-refractivity contribution in [3.63, 3.8) is 0 Å². The molecule has 0 spiro atoms. The first kappa shape index (κ1) is 15.1. The summed E-state index contributed by atoms with van der Waals surface area (Å²) in [6.07, 6.45) is 3.11. The molecular weight excluding hydrogens is 322 g/mol. The molecule has 25 heavy (non-hydrogen) atoms. The molecule has 0 radical (unpaired) electrons. The van der Waals surface area contributed by atoms with Crippen LogP contribution in [0, 0.1) is 6.92 Å². The topological polar surface area (TPSA) is 95.0 Å². The van der Waals surface area contributed by atoms with Crippen molar-refractivity contribution in [2.75, 3.05) is 5.32 Å². The lowest BCUT2D eigenvalue weighted by Crippen LogP contribution is -2.23. The van der Waals surface area contributed by atoms with Gasteiger partial charge in [0.15, 0.2) is 5.58 Å². The number of hydrogen-bond donors (Lipinski definition) is 1. The molecular formula is C17H15N5O3. The van der Waals surface area contributed by atoms with Crippen LogP contribution in [-0.4, -0.2) is 25.0 Å². The van der Waals surface area contributed by atoms with Crippen molar-refractivity contribution in [1.29, 1.82) is 0 Å². The second-order valence-corrected chi connectivity index (χ2v) is 5.88. The number of aromatic nitrogens is 4. The minimum Gasteiger partial charge on any atom is -0.423 e. The highest BCUT2D eigenvalue weighted by Gasteiger charge is 2.14. The van der Waals surface area contributed by atoms with E-state index < -0.39 is 0 Å². The Morgan fingerprint density at radius 2 is 2.12 bits per heavy atom. The van der Waals surface area contributed by atoms with Crippen LogP contribution in [0.3, 0.4) is 0 Å². The number of rotatable bonds is 3. The highest BCUT2D eigenvalue weighted by atomic mass is 16.4. The Morgan fingerprint density at radius 3 is 2.96 bits per heavy atom. The Morgan fingerprint density at radius 1 is 1.28 bits per heavy atom. The third-order valence-corrected chi connectivity index (χ3v) is 3.95. The van der Waals surface area contributed by atoms with Crippen molar-refractivity contribution < 1.29 is 9.21 Å². The van der Waals surface area contributed by atoms with Gasteiger partial charge in [0, 0.05) is 13.2 Å². The van der Waals surface area contributed by atoms with E-state index in [9.17, 15) is 9.59 Å². The first-order valence-electron chi connectivity index (χ1n) is 7.69. The quantitative estimate of drug-likeness (QED) is 0.615. The molecule has 4 aromatic rings. The van der Waals surface area contributed by atoms with Crippen molar-refractivity contribution in [2.24, 2.45) is 7.05 Å². The van der Waals surface area contributed by atoms with Gasteiger partial charge >= 0.3 is 6.01 Å². The van der Waals surface area contributed by atoms with Gasteiger partial charge in [0.25, 0.3) is 5.56 Å². The number of carbonyl (C=O) groups excluding carboxylic acids is 1. The summed E-state index contributed by atoms with van der Waals surface area (Å²) in [4.78, 5) is 32.9. The van der Waals surface area contributed by atoms with Crippen molar-refractivity contribution in [2.45, 2.75) is 13.5 Å². The summed E-state index contributed by atoms with van der Waals surface area (Å²) in [6.45, 7) is 1.89. The highest BCUT2D eigenvalue weighted by Crippen LogP contribution is 2.20. The van der Waals surface area contributed by atoms with E-state index in [1.54, 1.807) is 19.3 Å². The number of imidazole rings is 1. The average Bonchev–Trinajstić information content (AvgIpc) is 3.14. The summed E-state index contributed by atoms with van der Waals surface area (Å²) < 4.78 is 8.49. The fourth-order valence-corrected chi connectivity index (χ4v) is 2.69. The number of hydrogen-bond acceptors (Lipinski definition) is 5. The molecule has 0 atom stereocenters. The van der Waals surface area contributed by atoms with Crippen molar-refractivity contribution in [3.05, 3.63) is 52.7 Å². The van der Waals surface area contributed by atoms with Crippen LogP contribution < -0.4 is 10.9 Å². The molecule has 126 valence electrons. The van der Waals surface area contributed by atoms with Crippen LogP contribution in [0.2, 0.25) is 0 Å². The molecule has 3 heterocycles. The summed E-state index contributed by atoms with van der Waals surface area (Å²) in [5.74, 6) is -0.353. The molecule has 1 aromatic carbocycles. The Labute approximate surface area is 141 Å². The number of carbonyl (C=O) groups is 1. The number of fused-ring (bicyclic) bond motifs is 2. The number of pyridine rings is 1. The molecule has 0 aliphatic rings. The molecule has 8 nitrogen and oxygen atoms in total. The smallest absolute Gasteiger partial charge is 0.302 e. The second-order valence-electron chi connectivity index (χ2n) is 5.88. The van der Waals surface area contributed by atoms with Gasteiger partial charge in [0.1, 0.15) is 17.6 Å². The molecule has 3 aromatic heterocycles. The Bertz CT molecular complexity index is 1170. The molecule has 0 aliphatic heterocycles. The average molecular weight is 337 g/mol. The molecule has 8 heteroatoms. The fraction of sp³-hybridized carbons (Fsp3) is 0.176. The van der Waals surface area contributed by atoms with Gasteiger partial charge in [-0.2, -0.15) is 4.98 Å². The molecule has 1 amide bonds. The van der Waals surface area contributed by atoms with Crippen molar-refractivity contribution >= 4 is 34.1 Å². The van der Waals surface area contributed by atoms with Crippen LogP contribution in [0.1, 0.15) is 5.56 Å². The summed E-state index contributed by atoms with van der Waals surface area (Å²) >= 11 is 0. The van der Waals surface area contributed by atoms with Gasteiger partial charge in [-0.15, -0.1) is 0 Å². The summed E-state index contributed by atoms with van der Waals surface area (Å²) in [7, 11) is 1.65. The molecule has 0 saturated carbocycles. The van der Waals surface area contributed by atoms with E-state index in [0.717, 1.165) is 5.56 Å². The van der Waals surface area contributed by atoms with E-state index in [0.29, 0.717) is 22.1 Å². The van der Waals surface area contributed by atoms with Crippen LogP contribution in [0.4, 0.5) is 6.01 Å². The SMILES string of the molecule is Cc1ccc2nc(NC(=O)Cn3cnc4ccn(C)c(=O)c43)oc2c1. The summed E-state index contributed by atoms with van der Waals surface area (Å²) in [5.41, 5.74) is 3.05. The van der Waals surface area contributed by atoms with Crippen LogP contribution in [0.5, 0.6) is 0 Å². The molecule has 0 fully saturated rings. The maximum absolute atomic E-state index is 12.3. The standard InChI is InChI=1S/C17H15N5O3/c1-10-3-4-11-13(7-10)25-17(19-11)20-14(23)8-22-9-18-12-5-6-21(2)16(24)15(12)22/h3-7,9H,8H2,1-2H3,(H,19,20,23). The Balaban J connectivity index is 1.59. The summed E-state index contributed by atoms with van der Waals surface area (Å²) in [5, 5.41) is 2.61. The van der Waals surface area contributed by atoms with Gasteiger partial charge in [-0.05, 0) is 30.7 Å². The van der Waals surface area contributed by atoms with Gasteiger partial charge in [0.05, 0.1) is 11.8 Å². The van der Waals surface area contributed by atoms with Gasteiger partial charge in [-0.3, -0.25) is 14.9 Å². The summed E-state index contributed by atoms with van der Waals surface area (Å²) in [6, 6.07) is 7.46. The zero-order valence-electron chi connectivity index (χ0n) is 13.7. The van der Waals surface area contributed by atoms with Gasteiger partial charge in [-0.1, -0.05) is 6.07 Å². The van der Waals surface area contributed by atoms with Crippen LogP contribution in [0.15, 0.2) is 46.0 Å². The molecule has 4 rings (SSSR count). The first-order chi connectivity index (χ1) is 12.0. The number of benzene rings is 1.